The summed E-state index contributed by atoms with van der Waals surface area (Å²) < 4.78 is 4.90. The zero-order chi connectivity index (χ0) is 18.8. The van der Waals surface area contributed by atoms with Gasteiger partial charge in [-0.15, -0.1) is 0 Å². The van der Waals surface area contributed by atoms with Crippen molar-refractivity contribution in [1.29, 1.82) is 0 Å². The van der Waals surface area contributed by atoms with Crippen LogP contribution in [0, 0.1) is 0 Å². The third kappa shape index (κ3) is 3.61. The van der Waals surface area contributed by atoms with E-state index in [-0.39, 0.29) is 6.09 Å². The first kappa shape index (κ1) is 17.8. The lowest BCUT2D eigenvalue weighted by molar-refractivity contribution is 0.151. The summed E-state index contributed by atoms with van der Waals surface area (Å²) in [6, 6.07) is 8.78. The predicted molar refractivity (Wildman–Crippen MR) is 105 cm³/mol. The number of ether oxygens (including phenoxy) is 1. The van der Waals surface area contributed by atoms with E-state index in [2.05, 4.69) is 29.3 Å². The maximum atomic E-state index is 11.4. The van der Waals surface area contributed by atoms with Crippen molar-refractivity contribution >= 4 is 12.0 Å². The van der Waals surface area contributed by atoms with Gasteiger partial charge in [0.15, 0.2) is 0 Å². The lowest BCUT2D eigenvalue weighted by Gasteiger charge is -2.39. The van der Waals surface area contributed by atoms with Crippen molar-refractivity contribution in [3.05, 3.63) is 41.1 Å². The topological polar surface area (TPSA) is 67.3 Å². The van der Waals surface area contributed by atoms with E-state index in [1.54, 1.807) is 6.92 Å². The summed E-state index contributed by atoms with van der Waals surface area (Å²) in [7, 11) is 0. The van der Waals surface area contributed by atoms with Crippen LogP contribution in [0.15, 0.2) is 24.3 Å². The van der Waals surface area contributed by atoms with Crippen molar-refractivity contribution < 1.29 is 9.53 Å². The smallest absolute Gasteiger partial charge is 0.407 e. The molecule has 1 aliphatic carbocycles. The highest BCUT2D eigenvalue weighted by Crippen LogP contribution is 2.33. The first-order valence-corrected chi connectivity index (χ1v) is 9.82. The van der Waals surface area contributed by atoms with E-state index in [4.69, 9.17) is 14.7 Å². The number of alkyl carbamates (subject to hydrolysis) is 1. The van der Waals surface area contributed by atoms with Crippen molar-refractivity contribution in [3.63, 3.8) is 0 Å². The Kier molecular flexibility index (Phi) is 4.97. The number of carbonyl (C=O) groups excluding carboxylic acids is 1. The molecule has 1 atom stereocenters. The van der Waals surface area contributed by atoms with E-state index in [0.29, 0.717) is 19.2 Å². The van der Waals surface area contributed by atoms with E-state index in [1.165, 1.54) is 17.7 Å². The minimum atomic E-state index is -0.386. The van der Waals surface area contributed by atoms with E-state index >= 15 is 0 Å². The predicted octanol–water partition coefficient (Wildman–Crippen LogP) is 3.48. The Bertz CT molecular complexity index is 835. The molecule has 1 aliphatic heterocycles. The molecule has 2 heterocycles. The van der Waals surface area contributed by atoms with E-state index in [1.807, 2.05) is 12.1 Å². The van der Waals surface area contributed by atoms with Gasteiger partial charge in [0, 0.05) is 36.0 Å². The van der Waals surface area contributed by atoms with Crippen LogP contribution < -0.4 is 10.2 Å². The number of hydrogen-bond donors (Lipinski definition) is 1. The van der Waals surface area contributed by atoms with Crippen molar-refractivity contribution in [1.82, 2.24) is 15.3 Å². The van der Waals surface area contributed by atoms with Crippen LogP contribution in [0.3, 0.4) is 0 Å². The van der Waals surface area contributed by atoms with Crippen LogP contribution in [-0.2, 0) is 24.1 Å². The highest BCUT2D eigenvalue weighted by molar-refractivity contribution is 5.68. The summed E-state index contributed by atoms with van der Waals surface area (Å²) in [6.07, 6.45) is 4.06. The molecule has 0 spiro atoms. The molecule has 27 heavy (non-hydrogen) atoms. The number of rotatable bonds is 5. The molecule has 0 bridgehead atoms. The monoisotopic (exact) mass is 366 g/mol. The summed E-state index contributed by atoms with van der Waals surface area (Å²) in [5.41, 5.74) is 5.72. The Morgan fingerprint density at radius 1 is 1.26 bits per heavy atom. The number of aromatic nitrogens is 2. The van der Waals surface area contributed by atoms with Gasteiger partial charge in [-0.2, -0.15) is 0 Å². The Labute approximate surface area is 160 Å². The molecule has 0 radical (unpaired) electrons. The van der Waals surface area contributed by atoms with E-state index in [0.717, 1.165) is 48.6 Å². The lowest BCUT2D eigenvalue weighted by atomic mass is 10.0. The van der Waals surface area contributed by atoms with Gasteiger partial charge >= 0.3 is 6.09 Å². The van der Waals surface area contributed by atoms with Gasteiger partial charge in [-0.05, 0) is 45.1 Å². The Balaban J connectivity index is 1.56. The Morgan fingerprint density at radius 2 is 2.07 bits per heavy atom. The van der Waals surface area contributed by atoms with Crippen LogP contribution in [0.25, 0.3) is 11.3 Å². The van der Waals surface area contributed by atoms with Crippen molar-refractivity contribution in [2.75, 3.05) is 18.1 Å². The second-order valence-corrected chi connectivity index (χ2v) is 7.25. The van der Waals surface area contributed by atoms with Gasteiger partial charge in [0.1, 0.15) is 0 Å². The fourth-order valence-corrected chi connectivity index (χ4v) is 3.74. The molecular weight excluding hydrogens is 340 g/mol. The molecule has 1 aromatic heterocycles. The minimum absolute atomic E-state index is 0.377. The third-order valence-corrected chi connectivity index (χ3v) is 5.44. The number of amides is 1. The fourth-order valence-electron chi connectivity index (χ4n) is 3.74. The largest absolute Gasteiger partial charge is 0.450 e. The van der Waals surface area contributed by atoms with Crippen molar-refractivity contribution in [3.8, 4) is 11.3 Å². The van der Waals surface area contributed by atoms with Gasteiger partial charge in [0.25, 0.3) is 0 Å². The molecular formula is C21H26N4O2. The Morgan fingerprint density at radius 3 is 2.74 bits per heavy atom. The second kappa shape index (κ2) is 7.55. The summed E-state index contributed by atoms with van der Waals surface area (Å²) in [6.45, 7) is 5.89. The normalized spacial score (nSPS) is 18.0. The summed E-state index contributed by atoms with van der Waals surface area (Å²) in [5, 5.41) is 2.75. The van der Waals surface area contributed by atoms with Crippen LogP contribution in [-0.4, -0.2) is 35.3 Å². The maximum Gasteiger partial charge on any atom is 0.407 e. The zero-order valence-electron chi connectivity index (χ0n) is 16.0. The number of fused-ring (bicyclic) bond motifs is 1. The van der Waals surface area contributed by atoms with Crippen LogP contribution in [0.4, 0.5) is 10.7 Å². The first-order chi connectivity index (χ1) is 13.2. The lowest BCUT2D eigenvalue weighted by Crippen LogP contribution is -2.46. The van der Waals surface area contributed by atoms with Crippen LogP contribution >= 0.6 is 0 Å². The van der Waals surface area contributed by atoms with E-state index in [9.17, 15) is 4.79 Å². The molecule has 1 aromatic carbocycles. The van der Waals surface area contributed by atoms with Gasteiger partial charge in [0.2, 0.25) is 5.95 Å². The third-order valence-electron chi connectivity index (χ3n) is 5.44. The molecule has 4 rings (SSSR count). The van der Waals surface area contributed by atoms with Crippen LogP contribution in [0.2, 0.25) is 0 Å². The number of benzene rings is 1. The van der Waals surface area contributed by atoms with Gasteiger partial charge in [-0.25, -0.2) is 14.8 Å². The number of nitrogens with zero attached hydrogens (tertiary/aromatic N) is 3. The number of aryl methyl sites for hydroxylation is 1. The maximum absolute atomic E-state index is 11.4. The highest BCUT2D eigenvalue weighted by Gasteiger charge is 2.29. The quantitative estimate of drug-likeness (QED) is 0.877. The molecule has 1 amide bonds. The first-order valence-electron chi connectivity index (χ1n) is 9.82. The number of nitrogens with one attached hydrogen (secondary N) is 1. The number of hydrogen-bond acceptors (Lipinski definition) is 5. The fraction of sp³-hybridized carbons (Fsp3) is 0.476. The van der Waals surface area contributed by atoms with Crippen LogP contribution in [0.5, 0.6) is 0 Å². The van der Waals surface area contributed by atoms with Gasteiger partial charge < -0.3 is 15.0 Å². The average molecular weight is 366 g/mol. The molecule has 142 valence electrons. The molecule has 1 fully saturated rings. The molecule has 2 aromatic rings. The molecule has 0 unspecified atom stereocenters. The van der Waals surface area contributed by atoms with Gasteiger partial charge in [-0.1, -0.05) is 24.3 Å². The summed E-state index contributed by atoms with van der Waals surface area (Å²) >= 11 is 0. The molecule has 0 saturated carbocycles. The molecule has 1 N–H and O–H groups in total. The highest BCUT2D eigenvalue weighted by atomic mass is 16.5. The van der Waals surface area contributed by atoms with Crippen molar-refractivity contribution in [2.45, 2.75) is 52.1 Å². The Hall–Kier alpha value is -2.63. The molecule has 2 aliphatic rings. The molecule has 6 nitrogen and oxygen atoms in total. The standard InChI is InChI=1S/C21H26N4O2/c1-3-27-21(26)22-13-15-7-9-16(10-8-15)19-17-5-4-6-18(17)23-20(24-19)25-12-11-14(25)2/h7-10,14H,3-6,11-13H2,1-2H3,(H,22,26)/t14-/m0/s1. The van der Waals surface area contributed by atoms with Crippen molar-refractivity contribution in [2.24, 2.45) is 0 Å². The molecule has 6 heteroatoms. The van der Waals surface area contributed by atoms with Gasteiger partial charge in [-0.3, -0.25) is 0 Å². The SMILES string of the molecule is CCOC(=O)NCc1ccc(-c2nc(N3CC[C@@H]3C)nc3c2CCC3)cc1. The summed E-state index contributed by atoms with van der Waals surface area (Å²) in [4.78, 5) is 23.5. The molecule has 1 saturated heterocycles. The van der Waals surface area contributed by atoms with Crippen LogP contribution in [0.1, 0.15) is 43.5 Å². The van der Waals surface area contributed by atoms with E-state index < -0.39 is 0 Å². The second-order valence-electron chi connectivity index (χ2n) is 7.25. The number of anilines is 1. The summed E-state index contributed by atoms with van der Waals surface area (Å²) in [5.74, 6) is 0.873. The van der Waals surface area contributed by atoms with Gasteiger partial charge in [0.05, 0.1) is 12.3 Å². The average Bonchev–Trinajstić information content (AvgIpc) is 3.14. The minimum Gasteiger partial charge on any atom is -0.450 e. The number of carbonyl (C=O) groups is 1. The zero-order valence-corrected chi connectivity index (χ0v) is 16.0.